The number of anilines is 1. The molecule has 0 radical (unpaired) electrons. The van der Waals surface area contributed by atoms with Crippen LogP contribution in [0.15, 0.2) is 35.6 Å². The van der Waals surface area contributed by atoms with Crippen molar-refractivity contribution in [1.82, 2.24) is 14.8 Å². The third kappa shape index (κ3) is 2.34. The molecule has 0 aromatic carbocycles. The van der Waals surface area contributed by atoms with Crippen molar-refractivity contribution in [2.75, 3.05) is 4.72 Å². The number of nitrogens with one attached hydrogen (secondary N) is 1. The number of aromatic nitrogens is 3. The molecular weight excluding hydrogens is 254 g/mol. The van der Waals surface area contributed by atoms with Crippen LogP contribution in [-0.4, -0.2) is 23.2 Å². The number of nitrogens with zero attached hydrogens (tertiary/aromatic N) is 3. The van der Waals surface area contributed by atoms with E-state index in [0.29, 0.717) is 11.4 Å². The quantitative estimate of drug-likeness (QED) is 0.816. The molecule has 0 aliphatic carbocycles. The molecule has 0 aliphatic rings. The van der Waals surface area contributed by atoms with Crippen molar-refractivity contribution in [3.63, 3.8) is 0 Å². The summed E-state index contributed by atoms with van der Waals surface area (Å²) in [5, 5.41) is 3.96. The summed E-state index contributed by atoms with van der Waals surface area (Å²) in [7, 11) is -2.03. The number of hydrogen-bond acceptors (Lipinski definition) is 5. The normalized spacial score (nSPS) is 11.4. The van der Waals surface area contributed by atoms with E-state index in [1.807, 2.05) is 0 Å². The van der Waals surface area contributed by atoms with Crippen LogP contribution < -0.4 is 10.5 Å². The monoisotopic (exact) mass is 267 g/mol. The second-order valence-electron chi connectivity index (χ2n) is 3.64. The molecule has 18 heavy (non-hydrogen) atoms. The van der Waals surface area contributed by atoms with Crippen LogP contribution in [0.4, 0.5) is 5.82 Å². The van der Waals surface area contributed by atoms with Crippen molar-refractivity contribution in [1.29, 1.82) is 0 Å². The average Bonchev–Trinajstić information content (AvgIpc) is 2.71. The molecule has 0 aliphatic heterocycles. The topological polar surface area (TPSA) is 103 Å². The molecule has 0 bridgehead atoms. The van der Waals surface area contributed by atoms with Crippen LogP contribution in [0.5, 0.6) is 0 Å². The lowest BCUT2D eigenvalue weighted by molar-refractivity contribution is 0.599. The Balaban J connectivity index is 2.37. The van der Waals surface area contributed by atoms with E-state index in [4.69, 9.17) is 5.73 Å². The Morgan fingerprint density at radius 1 is 1.44 bits per heavy atom. The zero-order valence-corrected chi connectivity index (χ0v) is 10.6. The minimum atomic E-state index is -3.67. The smallest absolute Gasteiger partial charge is 0.264 e. The minimum absolute atomic E-state index is 0.0918. The van der Waals surface area contributed by atoms with Crippen LogP contribution in [0.3, 0.4) is 0 Å². The molecule has 0 unspecified atom stereocenters. The summed E-state index contributed by atoms with van der Waals surface area (Å²) in [4.78, 5) is 3.87. The molecule has 0 fully saturated rings. The predicted molar refractivity (Wildman–Crippen MR) is 66.1 cm³/mol. The van der Waals surface area contributed by atoms with Gasteiger partial charge in [-0.25, -0.2) is 8.42 Å². The fraction of sp³-hybridized carbons (Fsp3) is 0.200. The second kappa shape index (κ2) is 4.75. The van der Waals surface area contributed by atoms with Crippen molar-refractivity contribution >= 4 is 15.8 Å². The predicted octanol–water partition coefficient (Wildman–Crippen LogP) is 0.0746. The van der Waals surface area contributed by atoms with Crippen LogP contribution in [0.1, 0.15) is 5.56 Å². The van der Waals surface area contributed by atoms with E-state index in [1.54, 1.807) is 13.1 Å². The number of sulfonamides is 1. The summed E-state index contributed by atoms with van der Waals surface area (Å²) < 4.78 is 28.1. The Labute approximate surface area is 105 Å². The molecule has 0 saturated heterocycles. The highest BCUT2D eigenvalue weighted by Gasteiger charge is 2.18. The molecule has 96 valence electrons. The lowest BCUT2D eigenvalue weighted by Crippen LogP contribution is -2.17. The largest absolute Gasteiger partial charge is 0.326 e. The highest BCUT2D eigenvalue weighted by Crippen LogP contribution is 2.18. The summed E-state index contributed by atoms with van der Waals surface area (Å²) in [5.74, 6) is 0.362. The van der Waals surface area contributed by atoms with Gasteiger partial charge in [0.05, 0.1) is 6.20 Å². The van der Waals surface area contributed by atoms with Crippen LogP contribution in [0.25, 0.3) is 0 Å². The first kappa shape index (κ1) is 12.5. The summed E-state index contributed by atoms with van der Waals surface area (Å²) in [6.07, 6.45) is 4.32. The van der Waals surface area contributed by atoms with Gasteiger partial charge in [-0.2, -0.15) is 5.10 Å². The maximum absolute atomic E-state index is 12.1. The molecule has 2 rings (SSSR count). The van der Waals surface area contributed by atoms with Crippen molar-refractivity contribution in [2.45, 2.75) is 11.4 Å². The van der Waals surface area contributed by atoms with Gasteiger partial charge in [0, 0.05) is 31.5 Å². The maximum atomic E-state index is 12.1. The van der Waals surface area contributed by atoms with Gasteiger partial charge in [-0.3, -0.25) is 14.4 Å². The number of aryl methyl sites for hydroxylation is 1. The van der Waals surface area contributed by atoms with Gasteiger partial charge in [-0.15, -0.1) is 0 Å². The molecule has 2 aromatic heterocycles. The molecule has 0 amide bonds. The summed E-state index contributed by atoms with van der Waals surface area (Å²) in [6, 6.07) is 3.02. The molecule has 3 N–H and O–H groups in total. The van der Waals surface area contributed by atoms with Crippen molar-refractivity contribution in [3.05, 3.63) is 36.3 Å². The van der Waals surface area contributed by atoms with Gasteiger partial charge in [0.25, 0.3) is 10.0 Å². The highest BCUT2D eigenvalue weighted by atomic mass is 32.2. The van der Waals surface area contributed by atoms with E-state index in [1.165, 1.54) is 29.3 Å². The van der Waals surface area contributed by atoms with Crippen LogP contribution in [-0.2, 0) is 23.6 Å². The second-order valence-corrected chi connectivity index (χ2v) is 5.32. The van der Waals surface area contributed by atoms with E-state index in [9.17, 15) is 8.42 Å². The number of nitrogens with two attached hydrogens (primary N) is 1. The van der Waals surface area contributed by atoms with Gasteiger partial charge in [0.2, 0.25) is 0 Å². The molecule has 7 nitrogen and oxygen atoms in total. The lowest BCUT2D eigenvalue weighted by atomic mass is 10.3. The number of pyridine rings is 1. The van der Waals surface area contributed by atoms with Gasteiger partial charge in [0.1, 0.15) is 10.7 Å². The SMILES string of the molecule is Cn1ncc(CN)c1NS(=O)(=O)c1cccnc1. The Morgan fingerprint density at radius 2 is 2.22 bits per heavy atom. The highest BCUT2D eigenvalue weighted by molar-refractivity contribution is 7.92. The molecule has 0 saturated carbocycles. The van der Waals surface area contributed by atoms with Crippen LogP contribution >= 0.6 is 0 Å². The van der Waals surface area contributed by atoms with Gasteiger partial charge < -0.3 is 5.73 Å². The molecule has 0 spiro atoms. The summed E-state index contributed by atoms with van der Waals surface area (Å²) in [6.45, 7) is 0.207. The Morgan fingerprint density at radius 3 is 2.83 bits per heavy atom. The molecule has 2 heterocycles. The third-order valence-electron chi connectivity index (χ3n) is 2.41. The summed E-state index contributed by atoms with van der Waals surface area (Å²) in [5.41, 5.74) is 6.15. The Bertz CT molecular complexity index is 636. The number of rotatable bonds is 4. The zero-order valence-electron chi connectivity index (χ0n) is 9.74. The first-order valence-corrected chi connectivity index (χ1v) is 6.66. The van der Waals surface area contributed by atoms with E-state index in [0.717, 1.165) is 0 Å². The lowest BCUT2D eigenvalue weighted by Gasteiger charge is -2.09. The molecule has 2 aromatic rings. The standard InChI is InChI=1S/C10H13N5O2S/c1-15-10(8(5-11)6-13-15)14-18(16,17)9-3-2-4-12-7-9/h2-4,6-7,14H,5,11H2,1H3. The maximum Gasteiger partial charge on any atom is 0.264 e. The van der Waals surface area contributed by atoms with Crippen molar-refractivity contribution in [3.8, 4) is 0 Å². The molecule has 0 atom stereocenters. The van der Waals surface area contributed by atoms with Crippen molar-refractivity contribution < 1.29 is 8.42 Å². The van der Waals surface area contributed by atoms with Gasteiger partial charge in [0.15, 0.2) is 0 Å². The minimum Gasteiger partial charge on any atom is -0.326 e. The van der Waals surface area contributed by atoms with E-state index in [-0.39, 0.29) is 11.4 Å². The Hall–Kier alpha value is -1.93. The van der Waals surface area contributed by atoms with Crippen molar-refractivity contribution in [2.24, 2.45) is 12.8 Å². The van der Waals surface area contributed by atoms with Gasteiger partial charge >= 0.3 is 0 Å². The Kier molecular flexibility index (Phi) is 3.30. The fourth-order valence-electron chi connectivity index (χ4n) is 1.46. The molecule has 8 heteroatoms. The first-order valence-electron chi connectivity index (χ1n) is 5.18. The van der Waals surface area contributed by atoms with E-state index in [2.05, 4.69) is 14.8 Å². The first-order chi connectivity index (χ1) is 8.54. The molecular formula is C10H13N5O2S. The van der Waals surface area contributed by atoms with E-state index >= 15 is 0 Å². The fourth-order valence-corrected chi connectivity index (χ4v) is 2.55. The third-order valence-corrected chi connectivity index (χ3v) is 3.73. The average molecular weight is 267 g/mol. The van der Waals surface area contributed by atoms with Gasteiger partial charge in [-0.1, -0.05) is 0 Å². The summed E-state index contributed by atoms with van der Waals surface area (Å²) >= 11 is 0. The zero-order chi connectivity index (χ0) is 13.2. The van der Waals surface area contributed by atoms with Gasteiger partial charge in [-0.05, 0) is 12.1 Å². The van der Waals surface area contributed by atoms with Crippen LogP contribution in [0, 0.1) is 0 Å². The van der Waals surface area contributed by atoms with Crippen LogP contribution in [0.2, 0.25) is 0 Å². The number of hydrogen-bond donors (Lipinski definition) is 2. The van der Waals surface area contributed by atoms with E-state index < -0.39 is 10.0 Å².